The van der Waals surface area contributed by atoms with Crippen molar-refractivity contribution in [3.05, 3.63) is 22.1 Å². The van der Waals surface area contributed by atoms with Crippen molar-refractivity contribution in [1.29, 1.82) is 0 Å². The SMILES string of the molecule is Cc1cc(=O)n2[nH]c(SCC(=O)O)nc2n1. The minimum atomic E-state index is -0.943. The Hall–Kier alpha value is -1.83. The van der Waals surface area contributed by atoms with Crippen LogP contribution in [0.5, 0.6) is 0 Å². The van der Waals surface area contributed by atoms with Crippen molar-refractivity contribution in [2.24, 2.45) is 0 Å². The Labute approximate surface area is 93.5 Å². The number of thioether (sulfide) groups is 1. The number of nitrogens with one attached hydrogen (secondary N) is 1. The van der Waals surface area contributed by atoms with Crippen molar-refractivity contribution in [3.63, 3.8) is 0 Å². The highest BCUT2D eigenvalue weighted by atomic mass is 32.2. The van der Waals surface area contributed by atoms with Crippen LogP contribution < -0.4 is 5.56 Å². The number of carbonyl (C=O) groups is 1. The number of aliphatic carboxylic acids is 1. The molecule has 0 aliphatic carbocycles. The van der Waals surface area contributed by atoms with E-state index in [2.05, 4.69) is 15.1 Å². The summed E-state index contributed by atoms with van der Waals surface area (Å²) in [6.45, 7) is 1.69. The van der Waals surface area contributed by atoms with Crippen molar-refractivity contribution in [2.75, 3.05) is 5.75 Å². The highest BCUT2D eigenvalue weighted by molar-refractivity contribution is 7.99. The van der Waals surface area contributed by atoms with Crippen LogP contribution in [-0.2, 0) is 4.79 Å². The van der Waals surface area contributed by atoms with Crippen molar-refractivity contribution in [2.45, 2.75) is 12.1 Å². The zero-order valence-electron chi connectivity index (χ0n) is 8.30. The minimum Gasteiger partial charge on any atom is -0.481 e. The standard InChI is InChI=1S/C8H8N4O3S/c1-4-2-5(13)12-7(9-4)10-8(11-12)16-3-6(14)15/h2H,3H2,1H3,(H,14,15)(H,9,10,11). The summed E-state index contributed by atoms with van der Waals surface area (Å²) in [5.41, 5.74) is 0.309. The van der Waals surface area contributed by atoms with Crippen LogP contribution in [0.15, 0.2) is 16.0 Å². The number of hydrogen-bond acceptors (Lipinski definition) is 5. The van der Waals surface area contributed by atoms with Crippen LogP contribution in [0.3, 0.4) is 0 Å². The third kappa shape index (κ3) is 2.06. The van der Waals surface area contributed by atoms with Gasteiger partial charge >= 0.3 is 5.97 Å². The molecule has 2 rings (SSSR count). The fourth-order valence-corrected chi connectivity index (χ4v) is 1.73. The summed E-state index contributed by atoms with van der Waals surface area (Å²) >= 11 is 1.00. The minimum absolute atomic E-state index is 0.118. The molecular weight excluding hydrogens is 232 g/mol. The second-order valence-electron chi connectivity index (χ2n) is 3.08. The van der Waals surface area contributed by atoms with E-state index in [0.29, 0.717) is 10.9 Å². The predicted octanol–water partition coefficient (Wildman–Crippen LogP) is -0.0973. The third-order valence-electron chi connectivity index (χ3n) is 1.77. The molecule has 2 aromatic heterocycles. The molecule has 0 radical (unpaired) electrons. The molecule has 0 aromatic carbocycles. The number of aryl methyl sites for hydroxylation is 1. The van der Waals surface area contributed by atoms with E-state index < -0.39 is 5.97 Å². The Kier molecular flexibility index (Phi) is 2.65. The summed E-state index contributed by atoms with van der Waals surface area (Å²) in [6, 6.07) is 1.37. The lowest BCUT2D eigenvalue weighted by Crippen LogP contribution is -2.14. The Morgan fingerprint density at radius 2 is 2.38 bits per heavy atom. The second-order valence-corrected chi connectivity index (χ2v) is 4.05. The molecule has 0 saturated heterocycles. The van der Waals surface area contributed by atoms with Gasteiger partial charge in [0.05, 0.1) is 5.75 Å². The number of carboxylic acid groups (broad SMARTS) is 1. The fourth-order valence-electron chi connectivity index (χ4n) is 1.17. The topological polar surface area (TPSA) is 100 Å². The Balaban J connectivity index is 2.40. The van der Waals surface area contributed by atoms with Crippen molar-refractivity contribution < 1.29 is 9.90 Å². The van der Waals surface area contributed by atoms with Crippen LogP contribution >= 0.6 is 11.8 Å². The van der Waals surface area contributed by atoms with E-state index in [-0.39, 0.29) is 17.1 Å². The molecule has 0 aliphatic heterocycles. The molecule has 0 spiro atoms. The summed E-state index contributed by atoms with van der Waals surface area (Å²) in [7, 11) is 0. The maximum Gasteiger partial charge on any atom is 0.313 e. The summed E-state index contributed by atoms with van der Waals surface area (Å²) in [6.07, 6.45) is 0. The van der Waals surface area contributed by atoms with Gasteiger partial charge in [-0.05, 0) is 6.92 Å². The smallest absolute Gasteiger partial charge is 0.313 e. The number of hydrogen-bond donors (Lipinski definition) is 2. The number of fused-ring (bicyclic) bond motifs is 1. The maximum atomic E-state index is 11.5. The predicted molar refractivity (Wildman–Crippen MR) is 56.7 cm³/mol. The first kappa shape index (κ1) is 10.7. The molecule has 2 heterocycles. The van der Waals surface area contributed by atoms with Crippen LogP contribution in [0.1, 0.15) is 5.69 Å². The number of aromatic amines is 1. The Bertz CT molecular complexity index is 603. The molecule has 0 atom stereocenters. The van der Waals surface area contributed by atoms with Gasteiger partial charge in [0.25, 0.3) is 11.3 Å². The highest BCUT2D eigenvalue weighted by Gasteiger charge is 2.08. The van der Waals surface area contributed by atoms with E-state index in [1.807, 2.05) is 0 Å². The molecule has 8 heteroatoms. The molecule has 7 nitrogen and oxygen atoms in total. The van der Waals surface area contributed by atoms with E-state index in [9.17, 15) is 9.59 Å². The van der Waals surface area contributed by atoms with Gasteiger partial charge in [0.2, 0.25) is 0 Å². The fraction of sp³-hybridized carbons (Fsp3) is 0.250. The highest BCUT2D eigenvalue weighted by Crippen LogP contribution is 2.12. The summed E-state index contributed by atoms with van der Waals surface area (Å²) in [4.78, 5) is 29.9. The molecule has 16 heavy (non-hydrogen) atoms. The summed E-state index contributed by atoms with van der Waals surface area (Å²) < 4.78 is 1.18. The monoisotopic (exact) mass is 240 g/mol. The number of carboxylic acids is 1. The molecule has 0 amide bonds. The van der Waals surface area contributed by atoms with Gasteiger partial charge in [-0.2, -0.15) is 9.50 Å². The molecule has 0 saturated carbocycles. The molecule has 2 aromatic rings. The van der Waals surface area contributed by atoms with Gasteiger partial charge < -0.3 is 5.11 Å². The van der Waals surface area contributed by atoms with Crippen molar-refractivity contribution in [3.8, 4) is 0 Å². The quantitative estimate of drug-likeness (QED) is 0.727. The van der Waals surface area contributed by atoms with Gasteiger partial charge in [0, 0.05) is 11.8 Å². The van der Waals surface area contributed by atoms with Crippen LogP contribution in [0, 0.1) is 6.92 Å². The van der Waals surface area contributed by atoms with Gasteiger partial charge in [0.15, 0.2) is 5.16 Å². The number of aromatic nitrogens is 4. The lowest BCUT2D eigenvalue weighted by molar-refractivity contribution is -0.133. The van der Waals surface area contributed by atoms with Gasteiger partial charge in [-0.15, -0.1) is 0 Å². The molecular formula is C8H8N4O3S. The van der Waals surface area contributed by atoms with Crippen molar-refractivity contribution in [1.82, 2.24) is 19.6 Å². The van der Waals surface area contributed by atoms with E-state index in [1.165, 1.54) is 10.6 Å². The van der Waals surface area contributed by atoms with Gasteiger partial charge in [-0.3, -0.25) is 14.7 Å². The largest absolute Gasteiger partial charge is 0.481 e. The Morgan fingerprint density at radius 1 is 1.62 bits per heavy atom. The first-order valence-corrected chi connectivity index (χ1v) is 5.36. The van der Waals surface area contributed by atoms with Gasteiger partial charge in [-0.25, -0.2) is 4.98 Å². The van der Waals surface area contributed by atoms with Gasteiger partial charge in [0.1, 0.15) is 0 Å². The Morgan fingerprint density at radius 3 is 3.06 bits per heavy atom. The normalized spacial score (nSPS) is 10.8. The van der Waals surface area contributed by atoms with Crippen LogP contribution in [0.2, 0.25) is 0 Å². The molecule has 2 N–H and O–H groups in total. The number of rotatable bonds is 3. The molecule has 0 aliphatic rings. The van der Waals surface area contributed by atoms with Crippen LogP contribution in [0.4, 0.5) is 0 Å². The first-order valence-electron chi connectivity index (χ1n) is 4.37. The summed E-state index contributed by atoms with van der Waals surface area (Å²) in [5, 5.41) is 11.5. The third-order valence-corrected chi connectivity index (χ3v) is 2.62. The van der Waals surface area contributed by atoms with E-state index >= 15 is 0 Å². The van der Waals surface area contributed by atoms with E-state index in [0.717, 1.165) is 11.8 Å². The van der Waals surface area contributed by atoms with Crippen LogP contribution in [0.25, 0.3) is 5.78 Å². The van der Waals surface area contributed by atoms with Crippen molar-refractivity contribution >= 4 is 23.5 Å². The van der Waals surface area contributed by atoms with E-state index in [1.54, 1.807) is 6.92 Å². The maximum absolute atomic E-state index is 11.5. The van der Waals surface area contributed by atoms with Crippen LogP contribution in [-0.4, -0.2) is 36.4 Å². The first-order chi connectivity index (χ1) is 7.56. The lowest BCUT2D eigenvalue weighted by atomic mass is 10.5. The molecule has 0 bridgehead atoms. The zero-order valence-corrected chi connectivity index (χ0v) is 9.11. The van der Waals surface area contributed by atoms with E-state index in [4.69, 9.17) is 5.11 Å². The molecule has 0 unspecified atom stereocenters. The number of nitrogens with zero attached hydrogens (tertiary/aromatic N) is 3. The van der Waals surface area contributed by atoms with Gasteiger partial charge in [-0.1, -0.05) is 11.8 Å². The lowest BCUT2D eigenvalue weighted by Gasteiger charge is -1.91. The molecule has 0 fully saturated rings. The average Bonchev–Trinajstić information content (AvgIpc) is 2.57. The molecule has 84 valence electrons. The average molecular weight is 240 g/mol. The summed E-state index contributed by atoms with van der Waals surface area (Å²) in [5.74, 6) is -0.812. The number of H-pyrrole nitrogens is 1. The zero-order chi connectivity index (χ0) is 11.7. The second kappa shape index (κ2) is 3.97.